The van der Waals surface area contributed by atoms with Crippen LogP contribution in [0.1, 0.15) is 0 Å². The number of alkyl halides is 2. The summed E-state index contributed by atoms with van der Waals surface area (Å²) >= 11 is 8.59. The van der Waals surface area contributed by atoms with Gasteiger partial charge in [0.1, 0.15) is 0 Å². The fraction of sp³-hybridized carbons (Fsp3) is 0.143. The van der Waals surface area contributed by atoms with Crippen LogP contribution in [0.3, 0.4) is 0 Å². The number of halogens is 4. The number of hydrogen-bond acceptors (Lipinski definition) is 2. The van der Waals surface area contributed by atoms with Crippen molar-refractivity contribution in [2.24, 2.45) is 0 Å². The molecule has 3 nitrogen and oxygen atoms in total. The lowest BCUT2D eigenvalue weighted by Crippen LogP contribution is -2.20. The predicted octanol–water partition coefficient (Wildman–Crippen LogP) is 3.07. The third-order valence-electron chi connectivity index (χ3n) is 1.42. The van der Waals surface area contributed by atoms with E-state index in [2.05, 4.69) is 15.9 Å². The summed E-state index contributed by atoms with van der Waals surface area (Å²) in [6, 6.07) is 4.06. The summed E-state index contributed by atoms with van der Waals surface area (Å²) in [6.07, 6.45) is 0. The summed E-state index contributed by atoms with van der Waals surface area (Å²) in [5.41, 5.74) is 0.0136. The van der Waals surface area contributed by atoms with Crippen LogP contribution in [-0.4, -0.2) is 14.2 Å². The topological polar surface area (TPSA) is 46.2 Å². The Morgan fingerprint density at radius 1 is 1.40 bits per heavy atom. The maximum Gasteiger partial charge on any atom is 0.355 e. The monoisotopic (exact) mass is 319 g/mol. The van der Waals surface area contributed by atoms with E-state index in [1.165, 1.54) is 18.2 Å². The van der Waals surface area contributed by atoms with Gasteiger partial charge < -0.3 is 0 Å². The van der Waals surface area contributed by atoms with Gasteiger partial charge in [-0.25, -0.2) is 8.42 Å². The van der Waals surface area contributed by atoms with Crippen LogP contribution in [-0.2, 0) is 10.0 Å². The maximum absolute atomic E-state index is 12.0. The average molecular weight is 321 g/mol. The molecule has 0 aliphatic heterocycles. The van der Waals surface area contributed by atoms with Crippen molar-refractivity contribution in [3.8, 4) is 0 Å². The van der Waals surface area contributed by atoms with E-state index in [0.29, 0.717) is 9.50 Å². The lowest BCUT2D eigenvalue weighted by atomic mass is 10.3. The van der Waals surface area contributed by atoms with Crippen molar-refractivity contribution in [2.45, 2.75) is 5.76 Å². The molecule has 0 saturated carbocycles. The third kappa shape index (κ3) is 3.29. The third-order valence-corrected chi connectivity index (χ3v) is 3.28. The van der Waals surface area contributed by atoms with Gasteiger partial charge in [0, 0.05) is 9.50 Å². The van der Waals surface area contributed by atoms with Crippen molar-refractivity contribution in [3.05, 3.63) is 27.7 Å². The highest BCUT2D eigenvalue weighted by Crippen LogP contribution is 2.27. The molecule has 0 bridgehead atoms. The summed E-state index contributed by atoms with van der Waals surface area (Å²) < 4.78 is 47.7. The van der Waals surface area contributed by atoms with Crippen molar-refractivity contribution >= 4 is 43.2 Å². The number of anilines is 1. The largest absolute Gasteiger partial charge is 0.355 e. The molecule has 0 heterocycles. The first-order valence-corrected chi connectivity index (χ1v) is 6.29. The first kappa shape index (κ1) is 12.7. The Hall–Kier alpha value is -0.400. The van der Waals surface area contributed by atoms with Crippen molar-refractivity contribution in [1.29, 1.82) is 0 Å². The molecule has 1 aromatic carbocycles. The Balaban J connectivity index is 3.01. The van der Waals surface area contributed by atoms with Gasteiger partial charge in [-0.15, -0.1) is 0 Å². The number of hydrogen-bond donors (Lipinski definition) is 1. The van der Waals surface area contributed by atoms with E-state index in [1.54, 1.807) is 4.72 Å². The molecule has 0 amide bonds. The normalized spacial score (nSPS) is 11.8. The molecular formula is C7H5BrClF2NO2S. The molecule has 0 atom stereocenters. The summed E-state index contributed by atoms with van der Waals surface area (Å²) in [7, 11) is -4.64. The Labute approximate surface area is 98.6 Å². The van der Waals surface area contributed by atoms with Crippen LogP contribution < -0.4 is 4.72 Å². The van der Waals surface area contributed by atoms with Gasteiger partial charge in [-0.2, -0.15) is 8.78 Å². The van der Waals surface area contributed by atoms with Crippen LogP contribution in [0, 0.1) is 0 Å². The van der Waals surface area contributed by atoms with Crippen molar-refractivity contribution in [1.82, 2.24) is 0 Å². The number of nitrogens with one attached hydrogen (secondary N) is 1. The molecule has 0 aliphatic carbocycles. The molecule has 0 fully saturated rings. The first-order chi connectivity index (χ1) is 6.83. The van der Waals surface area contributed by atoms with E-state index in [9.17, 15) is 17.2 Å². The summed E-state index contributed by atoms with van der Waals surface area (Å²) in [5.74, 6) is -3.47. The number of sulfonamides is 1. The summed E-state index contributed by atoms with van der Waals surface area (Å²) in [5, 5.41) is 0.363. The molecule has 1 aromatic rings. The fourth-order valence-corrected chi connectivity index (χ4v) is 2.26. The van der Waals surface area contributed by atoms with E-state index in [1.807, 2.05) is 0 Å². The molecule has 15 heavy (non-hydrogen) atoms. The predicted molar refractivity (Wildman–Crippen MR) is 57.7 cm³/mol. The second-order valence-corrected chi connectivity index (χ2v) is 5.47. The number of rotatable bonds is 3. The van der Waals surface area contributed by atoms with E-state index in [4.69, 9.17) is 11.6 Å². The van der Waals surface area contributed by atoms with Crippen LogP contribution in [0.25, 0.3) is 0 Å². The van der Waals surface area contributed by atoms with E-state index in [-0.39, 0.29) is 5.69 Å². The lowest BCUT2D eigenvalue weighted by Gasteiger charge is -2.08. The van der Waals surface area contributed by atoms with Crippen LogP contribution in [0.2, 0.25) is 5.02 Å². The van der Waals surface area contributed by atoms with Crippen LogP contribution in [0.15, 0.2) is 22.7 Å². The highest BCUT2D eigenvalue weighted by Gasteiger charge is 2.24. The summed E-state index contributed by atoms with van der Waals surface area (Å²) in [6.45, 7) is 0. The van der Waals surface area contributed by atoms with E-state index in [0.717, 1.165) is 0 Å². The van der Waals surface area contributed by atoms with Gasteiger partial charge in [-0.3, -0.25) is 4.72 Å². The average Bonchev–Trinajstić information content (AvgIpc) is 2.09. The Bertz CT molecular complexity index is 466. The zero-order valence-electron chi connectivity index (χ0n) is 7.05. The zero-order chi connectivity index (χ0) is 11.6. The SMILES string of the molecule is O=S(=O)(Nc1ccc(Cl)cc1Br)C(F)F. The molecule has 0 saturated heterocycles. The first-order valence-electron chi connectivity index (χ1n) is 3.58. The molecule has 1 N–H and O–H groups in total. The second-order valence-electron chi connectivity index (χ2n) is 2.53. The minimum absolute atomic E-state index is 0.0136. The van der Waals surface area contributed by atoms with E-state index >= 15 is 0 Å². The van der Waals surface area contributed by atoms with Gasteiger partial charge in [0.15, 0.2) is 0 Å². The quantitative estimate of drug-likeness (QED) is 0.930. The fourth-order valence-electron chi connectivity index (χ4n) is 0.770. The highest BCUT2D eigenvalue weighted by atomic mass is 79.9. The molecule has 84 valence electrons. The van der Waals surface area contributed by atoms with Gasteiger partial charge in [-0.05, 0) is 34.1 Å². The second kappa shape index (κ2) is 4.63. The van der Waals surface area contributed by atoms with Crippen molar-refractivity contribution in [2.75, 3.05) is 4.72 Å². The minimum atomic E-state index is -4.64. The van der Waals surface area contributed by atoms with Gasteiger partial charge in [0.05, 0.1) is 5.69 Å². The highest BCUT2D eigenvalue weighted by molar-refractivity contribution is 9.10. The molecule has 0 spiro atoms. The molecule has 1 rings (SSSR count). The van der Waals surface area contributed by atoms with Gasteiger partial charge >= 0.3 is 5.76 Å². The van der Waals surface area contributed by atoms with Crippen molar-refractivity contribution in [3.63, 3.8) is 0 Å². The number of benzene rings is 1. The molecule has 0 aromatic heterocycles. The lowest BCUT2D eigenvalue weighted by molar-refractivity contribution is 0.236. The zero-order valence-corrected chi connectivity index (χ0v) is 10.2. The molecule has 0 radical (unpaired) electrons. The van der Waals surface area contributed by atoms with Crippen LogP contribution in [0.5, 0.6) is 0 Å². The molecule has 8 heteroatoms. The minimum Gasteiger partial charge on any atom is -0.278 e. The van der Waals surface area contributed by atoms with E-state index < -0.39 is 15.8 Å². The molecule has 0 aliphatic rings. The molecule has 0 unspecified atom stereocenters. The smallest absolute Gasteiger partial charge is 0.278 e. The standard InChI is InChI=1S/C7H5BrClF2NO2S/c8-5-3-4(9)1-2-6(5)12-15(13,14)7(10)11/h1-3,7,12H. The van der Waals surface area contributed by atoms with Gasteiger partial charge in [0.25, 0.3) is 10.0 Å². The van der Waals surface area contributed by atoms with Crippen LogP contribution >= 0.6 is 27.5 Å². The Kier molecular flexibility index (Phi) is 3.91. The summed E-state index contributed by atoms with van der Waals surface area (Å²) in [4.78, 5) is 0. The van der Waals surface area contributed by atoms with Crippen LogP contribution in [0.4, 0.5) is 14.5 Å². The van der Waals surface area contributed by atoms with Gasteiger partial charge in [-0.1, -0.05) is 11.6 Å². The molecular weight excluding hydrogens is 316 g/mol. The Morgan fingerprint density at radius 2 is 2.00 bits per heavy atom. The maximum atomic E-state index is 12.0. The van der Waals surface area contributed by atoms with Crippen molar-refractivity contribution < 1.29 is 17.2 Å². The Morgan fingerprint density at radius 3 is 2.47 bits per heavy atom. The van der Waals surface area contributed by atoms with Gasteiger partial charge in [0.2, 0.25) is 0 Å².